The summed E-state index contributed by atoms with van der Waals surface area (Å²) < 4.78 is 4.73. The average Bonchev–Trinajstić information content (AvgIpc) is 3.11. The van der Waals surface area contributed by atoms with E-state index in [0.29, 0.717) is 18.7 Å². The van der Waals surface area contributed by atoms with Crippen LogP contribution in [0.25, 0.3) is 10.9 Å². The number of aromatic amines is 1. The zero-order valence-corrected chi connectivity index (χ0v) is 14.8. The lowest BCUT2D eigenvalue weighted by atomic mass is 10.1. The number of rotatable bonds is 8. The van der Waals surface area contributed by atoms with Crippen LogP contribution in [0.5, 0.6) is 0 Å². The Kier molecular flexibility index (Phi) is 5.81. The molecule has 3 rings (SSSR count). The molecule has 5 heteroatoms. The lowest BCUT2D eigenvalue weighted by Crippen LogP contribution is -2.31. The fourth-order valence-electron chi connectivity index (χ4n) is 3.00. The first-order valence-corrected chi connectivity index (χ1v) is 8.60. The highest BCUT2D eigenvalue weighted by Gasteiger charge is 2.17. The highest BCUT2D eigenvalue weighted by molar-refractivity contribution is 6.08. The minimum absolute atomic E-state index is 0.0308. The number of carbonyl (C=O) groups excluding carboxylic acids is 2. The maximum Gasteiger partial charge on any atom is 0.306 e. The van der Waals surface area contributed by atoms with Crippen LogP contribution in [0.15, 0.2) is 60.8 Å². The van der Waals surface area contributed by atoms with Gasteiger partial charge in [0.1, 0.15) is 0 Å². The Morgan fingerprint density at radius 2 is 1.77 bits per heavy atom. The van der Waals surface area contributed by atoms with Crippen LogP contribution in [0, 0.1) is 0 Å². The predicted octanol–water partition coefficient (Wildman–Crippen LogP) is 3.42. The number of methoxy groups -OCH3 is 1. The molecule has 5 nitrogen and oxygen atoms in total. The van der Waals surface area contributed by atoms with Crippen LogP contribution in [0.1, 0.15) is 22.3 Å². The molecule has 26 heavy (non-hydrogen) atoms. The number of benzene rings is 2. The van der Waals surface area contributed by atoms with Crippen molar-refractivity contribution in [1.29, 1.82) is 0 Å². The number of ether oxygens (including phenoxy) is 1. The van der Waals surface area contributed by atoms with E-state index < -0.39 is 0 Å². The lowest BCUT2D eigenvalue weighted by molar-refractivity contribution is -0.141. The van der Waals surface area contributed by atoms with E-state index in [1.165, 1.54) is 7.11 Å². The average molecular weight is 350 g/mol. The summed E-state index contributed by atoms with van der Waals surface area (Å²) in [6, 6.07) is 17.7. The van der Waals surface area contributed by atoms with Gasteiger partial charge in [-0.1, -0.05) is 48.5 Å². The normalized spacial score (nSPS) is 11.0. The van der Waals surface area contributed by atoms with Crippen molar-refractivity contribution in [3.63, 3.8) is 0 Å². The Labute approximate surface area is 152 Å². The van der Waals surface area contributed by atoms with Gasteiger partial charge in [-0.2, -0.15) is 0 Å². The summed E-state index contributed by atoms with van der Waals surface area (Å²) in [6.45, 7) is 1.31. The second-order valence-electron chi connectivity index (χ2n) is 6.19. The molecular weight excluding hydrogens is 328 g/mol. The summed E-state index contributed by atoms with van der Waals surface area (Å²) in [6.07, 6.45) is 2.01. The first-order chi connectivity index (χ1) is 12.7. The van der Waals surface area contributed by atoms with Gasteiger partial charge >= 0.3 is 5.97 Å². The molecule has 0 aliphatic carbocycles. The maximum absolute atomic E-state index is 12.9. The molecule has 0 spiro atoms. The Morgan fingerprint density at radius 1 is 1.04 bits per heavy atom. The van der Waals surface area contributed by atoms with Crippen LogP contribution in [0.3, 0.4) is 0 Å². The van der Waals surface area contributed by atoms with Crippen molar-refractivity contribution in [2.24, 2.45) is 0 Å². The number of nitrogens with zero attached hydrogens (tertiary/aromatic N) is 1. The van der Waals surface area contributed by atoms with Gasteiger partial charge in [0.15, 0.2) is 5.78 Å². The Balaban J connectivity index is 1.75. The van der Waals surface area contributed by atoms with E-state index in [-0.39, 0.29) is 24.7 Å². The van der Waals surface area contributed by atoms with Crippen molar-refractivity contribution >= 4 is 22.7 Å². The number of nitrogens with one attached hydrogen (secondary N) is 1. The Bertz CT molecular complexity index is 886. The summed E-state index contributed by atoms with van der Waals surface area (Å²) in [5, 5.41) is 0.921. The highest BCUT2D eigenvalue weighted by Crippen LogP contribution is 2.19. The predicted molar refractivity (Wildman–Crippen MR) is 101 cm³/mol. The van der Waals surface area contributed by atoms with Gasteiger partial charge in [-0.15, -0.1) is 0 Å². The molecule has 134 valence electrons. The molecule has 1 heterocycles. The van der Waals surface area contributed by atoms with E-state index >= 15 is 0 Å². The van der Waals surface area contributed by atoms with Crippen LogP contribution >= 0.6 is 0 Å². The van der Waals surface area contributed by atoms with Gasteiger partial charge in [-0.05, 0) is 11.6 Å². The third-order valence-corrected chi connectivity index (χ3v) is 4.37. The zero-order chi connectivity index (χ0) is 18.4. The van der Waals surface area contributed by atoms with E-state index in [2.05, 4.69) is 4.98 Å². The van der Waals surface area contributed by atoms with Crippen molar-refractivity contribution in [3.8, 4) is 0 Å². The van der Waals surface area contributed by atoms with Gasteiger partial charge < -0.3 is 9.72 Å². The number of Topliss-reactive ketones (excluding diaryl/α,β-unsaturated/α-hetero) is 1. The molecule has 0 saturated carbocycles. The fourth-order valence-corrected chi connectivity index (χ4v) is 3.00. The topological polar surface area (TPSA) is 62.4 Å². The summed E-state index contributed by atoms with van der Waals surface area (Å²) in [5.41, 5.74) is 2.72. The molecule has 0 radical (unpaired) electrons. The monoisotopic (exact) mass is 350 g/mol. The van der Waals surface area contributed by atoms with Gasteiger partial charge in [0.05, 0.1) is 20.1 Å². The number of H-pyrrole nitrogens is 1. The van der Waals surface area contributed by atoms with Gasteiger partial charge in [0.2, 0.25) is 0 Å². The van der Waals surface area contributed by atoms with E-state index in [9.17, 15) is 9.59 Å². The second-order valence-corrected chi connectivity index (χ2v) is 6.19. The van der Waals surface area contributed by atoms with Crippen molar-refractivity contribution in [2.45, 2.75) is 13.0 Å². The van der Waals surface area contributed by atoms with Crippen molar-refractivity contribution in [3.05, 3.63) is 71.9 Å². The molecule has 0 aliphatic rings. The minimum Gasteiger partial charge on any atom is -0.469 e. The Hall–Kier alpha value is -2.92. The minimum atomic E-state index is -0.275. The summed E-state index contributed by atoms with van der Waals surface area (Å²) in [4.78, 5) is 29.5. The highest BCUT2D eigenvalue weighted by atomic mass is 16.5. The number of fused-ring (bicyclic) bond motifs is 1. The van der Waals surface area contributed by atoms with Crippen molar-refractivity contribution in [2.75, 3.05) is 20.2 Å². The Morgan fingerprint density at radius 3 is 2.54 bits per heavy atom. The number of para-hydroxylation sites is 1. The first-order valence-electron chi connectivity index (χ1n) is 8.60. The van der Waals surface area contributed by atoms with Crippen LogP contribution in [-0.4, -0.2) is 41.8 Å². The van der Waals surface area contributed by atoms with Crippen LogP contribution < -0.4 is 0 Å². The number of hydrogen-bond donors (Lipinski definition) is 1. The molecule has 0 atom stereocenters. The number of aromatic nitrogens is 1. The summed E-state index contributed by atoms with van der Waals surface area (Å²) in [5.74, 6) is -0.245. The van der Waals surface area contributed by atoms with Crippen LogP contribution in [0.4, 0.5) is 0 Å². The number of hydrogen-bond acceptors (Lipinski definition) is 4. The standard InChI is InChI=1S/C21H22N2O3/c1-26-21(25)11-12-23(14-16-7-3-2-4-8-16)15-20(24)18-13-22-19-10-6-5-9-17(18)19/h2-10,13,22H,11-12,14-15H2,1H3. The molecule has 0 unspecified atom stereocenters. The first kappa shape index (κ1) is 17.9. The maximum atomic E-state index is 12.9. The molecule has 0 amide bonds. The molecular formula is C21H22N2O3. The van der Waals surface area contributed by atoms with Crippen LogP contribution in [0.2, 0.25) is 0 Å². The second kappa shape index (κ2) is 8.45. The van der Waals surface area contributed by atoms with Crippen molar-refractivity contribution in [1.82, 2.24) is 9.88 Å². The SMILES string of the molecule is COC(=O)CCN(CC(=O)c1c[nH]c2ccccc12)Cc1ccccc1. The van der Waals surface area contributed by atoms with E-state index in [1.54, 1.807) is 6.20 Å². The van der Waals surface area contributed by atoms with Gasteiger partial charge in [0, 0.05) is 35.8 Å². The smallest absolute Gasteiger partial charge is 0.306 e. The molecule has 1 aromatic heterocycles. The fraction of sp³-hybridized carbons (Fsp3) is 0.238. The van der Waals surface area contributed by atoms with E-state index in [4.69, 9.17) is 4.74 Å². The molecule has 1 N–H and O–H groups in total. The summed E-state index contributed by atoms with van der Waals surface area (Å²) in [7, 11) is 1.38. The van der Waals surface area contributed by atoms with E-state index in [1.807, 2.05) is 59.5 Å². The van der Waals surface area contributed by atoms with Gasteiger partial charge in [0.25, 0.3) is 0 Å². The number of esters is 1. The molecule has 0 fully saturated rings. The molecule has 0 saturated heterocycles. The van der Waals surface area contributed by atoms with Crippen molar-refractivity contribution < 1.29 is 14.3 Å². The van der Waals surface area contributed by atoms with Crippen LogP contribution in [-0.2, 0) is 16.1 Å². The van der Waals surface area contributed by atoms with E-state index in [0.717, 1.165) is 16.5 Å². The molecule has 3 aromatic rings. The third kappa shape index (κ3) is 4.37. The molecule has 2 aromatic carbocycles. The largest absolute Gasteiger partial charge is 0.469 e. The van der Waals surface area contributed by atoms with Gasteiger partial charge in [-0.3, -0.25) is 14.5 Å². The number of carbonyl (C=O) groups is 2. The summed E-state index contributed by atoms with van der Waals surface area (Å²) >= 11 is 0. The lowest BCUT2D eigenvalue weighted by Gasteiger charge is -2.21. The third-order valence-electron chi connectivity index (χ3n) is 4.37. The molecule has 0 aliphatic heterocycles. The quantitative estimate of drug-likeness (QED) is 0.499. The zero-order valence-electron chi connectivity index (χ0n) is 14.8. The number of ketones is 1. The van der Waals surface area contributed by atoms with Gasteiger partial charge in [-0.25, -0.2) is 0 Å². The molecule has 0 bridgehead atoms.